The van der Waals surface area contributed by atoms with Gasteiger partial charge in [-0.1, -0.05) is 12.2 Å². The van der Waals surface area contributed by atoms with Crippen LogP contribution in [0.4, 0.5) is 11.9 Å². The van der Waals surface area contributed by atoms with E-state index in [2.05, 4.69) is 30.8 Å². The molecule has 0 unspecified atom stereocenters. The summed E-state index contributed by atoms with van der Waals surface area (Å²) in [6.45, 7) is 3.54. The zero-order valence-electron chi connectivity index (χ0n) is 33.0. The van der Waals surface area contributed by atoms with Crippen LogP contribution in [0.15, 0.2) is 48.6 Å². The lowest BCUT2D eigenvalue weighted by atomic mass is 10.1. The van der Waals surface area contributed by atoms with Crippen molar-refractivity contribution in [2.45, 2.75) is 33.4 Å². The number of nitrogens with one attached hydrogen (secondary N) is 2. The maximum atomic E-state index is 13.5. The second-order valence-corrected chi connectivity index (χ2v) is 15.0. The molecule has 59 heavy (non-hydrogen) atoms. The minimum atomic E-state index is -3.67. The van der Waals surface area contributed by atoms with Gasteiger partial charge < -0.3 is 30.1 Å². The van der Waals surface area contributed by atoms with Gasteiger partial charge in [0.1, 0.15) is 33.9 Å². The number of imidazole rings is 2. The Labute approximate surface area is 337 Å². The summed E-state index contributed by atoms with van der Waals surface area (Å²) >= 11 is 0. The molecular weight excluding hydrogens is 789 g/mol. The van der Waals surface area contributed by atoms with Crippen LogP contribution in [0.3, 0.4) is 0 Å². The third-order valence-corrected chi connectivity index (χ3v) is 9.50. The molecule has 6 N–H and O–H groups in total. The number of ether oxygens (including phenoxy) is 2. The number of amides is 4. The number of nitrogens with zero attached hydrogens (tertiary/aromatic N) is 8. The highest BCUT2D eigenvalue weighted by Gasteiger charge is 2.23. The predicted molar refractivity (Wildman–Crippen MR) is 215 cm³/mol. The van der Waals surface area contributed by atoms with Crippen molar-refractivity contribution in [3.8, 4) is 11.5 Å². The van der Waals surface area contributed by atoms with E-state index in [0.717, 1.165) is 6.26 Å². The molecule has 21 nitrogen and oxygen atoms in total. The molecular formula is C37H42N12O9S. The number of aryl methyl sites for hydroxylation is 4. The normalized spacial score (nSPS) is 11.8. The number of hydrogen-bond acceptors (Lipinski definition) is 13. The summed E-state index contributed by atoms with van der Waals surface area (Å²) in [6.07, 6.45) is 4.65. The first-order valence-electron chi connectivity index (χ1n) is 17.9. The van der Waals surface area contributed by atoms with Gasteiger partial charge in [0.2, 0.25) is 23.7 Å². The predicted octanol–water partition coefficient (Wildman–Crippen LogP) is 2.18. The molecule has 4 heterocycles. The summed E-state index contributed by atoms with van der Waals surface area (Å²) in [5, 5.41) is 14.2. The standard InChI is InChI=1S/C37H42N12O9S/c1-20-14-26(46(3)44-20)34(52)42-36-40-24-16-22(32(38)50)18-28(56-5)30(24)48(36)10-7-8-11-49-31-25(41-37(49)43-35(53)27-15-21(2)45-47(27)4)17-23(33(39)51)19-29(31)57-12-9-13-58-59(6,54)55/h7-8,14-19H,9-13H2,1-6H3,(H2,38,50)(H2,39,51)(H,40,42,52)(H,41,43,53)/b8-7+. The third kappa shape index (κ3) is 9.23. The summed E-state index contributed by atoms with van der Waals surface area (Å²) in [4.78, 5) is 60.8. The van der Waals surface area contributed by atoms with Gasteiger partial charge in [0, 0.05) is 44.7 Å². The molecule has 0 fully saturated rings. The first-order valence-corrected chi connectivity index (χ1v) is 19.7. The smallest absolute Gasteiger partial charge is 0.276 e. The average molecular weight is 831 g/mol. The number of rotatable bonds is 17. The molecule has 6 rings (SSSR count). The fourth-order valence-electron chi connectivity index (χ4n) is 6.35. The highest BCUT2D eigenvalue weighted by Crippen LogP contribution is 2.33. The Balaban J connectivity index is 1.39. The number of methoxy groups -OCH3 is 1. The summed E-state index contributed by atoms with van der Waals surface area (Å²) < 4.78 is 45.7. The van der Waals surface area contributed by atoms with Gasteiger partial charge in [-0.15, -0.1) is 0 Å². The van der Waals surface area contributed by atoms with Crippen LogP contribution in [0.2, 0.25) is 0 Å². The van der Waals surface area contributed by atoms with Gasteiger partial charge in [-0.2, -0.15) is 18.6 Å². The van der Waals surface area contributed by atoms with E-state index in [-0.39, 0.29) is 84.2 Å². The van der Waals surface area contributed by atoms with Gasteiger partial charge in [-0.25, -0.2) is 9.97 Å². The SMILES string of the molecule is COc1cc(C(N)=O)cc2nc(NC(=O)c3cc(C)nn3C)n(C/C=C/Cn3c(NC(=O)c4cc(C)nn4C)nc4cc(C(N)=O)cc(OCCCOS(C)(=O)=O)c43)c12. The first-order chi connectivity index (χ1) is 27.9. The monoisotopic (exact) mass is 830 g/mol. The summed E-state index contributed by atoms with van der Waals surface area (Å²) in [7, 11) is 1.02. The van der Waals surface area contributed by atoms with Crippen LogP contribution in [0.25, 0.3) is 22.1 Å². The van der Waals surface area contributed by atoms with Crippen molar-refractivity contribution in [3.63, 3.8) is 0 Å². The van der Waals surface area contributed by atoms with Crippen molar-refractivity contribution < 1.29 is 41.3 Å². The zero-order valence-corrected chi connectivity index (χ0v) is 33.8. The Bertz CT molecular complexity index is 2780. The number of primary amides is 2. The van der Waals surface area contributed by atoms with Crippen molar-refractivity contribution in [2.75, 3.05) is 37.2 Å². The van der Waals surface area contributed by atoms with Crippen molar-refractivity contribution in [1.29, 1.82) is 0 Å². The van der Waals surface area contributed by atoms with E-state index in [1.54, 1.807) is 61.4 Å². The average Bonchev–Trinajstić information content (AvgIpc) is 3.90. The fraction of sp³-hybridized carbons (Fsp3) is 0.297. The number of aromatic nitrogens is 8. The summed E-state index contributed by atoms with van der Waals surface area (Å²) in [6, 6.07) is 9.11. The lowest BCUT2D eigenvalue weighted by Crippen LogP contribution is -2.19. The lowest BCUT2D eigenvalue weighted by molar-refractivity contribution is 0.0991. The second kappa shape index (κ2) is 16.8. The second-order valence-electron chi connectivity index (χ2n) is 13.4. The number of fused-ring (bicyclic) bond motifs is 2. The minimum Gasteiger partial charge on any atom is -0.494 e. The Morgan fingerprint density at radius 1 is 0.729 bits per heavy atom. The van der Waals surface area contributed by atoms with Gasteiger partial charge in [0.05, 0.1) is 49.0 Å². The molecule has 0 aliphatic heterocycles. The number of anilines is 2. The van der Waals surface area contributed by atoms with E-state index >= 15 is 0 Å². The number of carbonyl (C=O) groups excluding carboxylic acids is 4. The Morgan fingerprint density at radius 3 is 1.59 bits per heavy atom. The van der Waals surface area contributed by atoms with Gasteiger partial charge in [-0.3, -0.25) is 43.4 Å². The maximum Gasteiger partial charge on any atom is 0.276 e. The number of nitrogens with two attached hydrogens (primary N) is 2. The maximum absolute atomic E-state index is 13.5. The van der Waals surface area contributed by atoms with Crippen LogP contribution in [0, 0.1) is 13.8 Å². The Kier molecular flexibility index (Phi) is 11.8. The number of carbonyl (C=O) groups is 4. The molecule has 0 saturated heterocycles. The van der Waals surface area contributed by atoms with Crippen molar-refractivity contribution >= 4 is 67.7 Å². The van der Waals surface area contributed by atoms with Crippen molar-refractivity contribution in [3.05, 3.63) is 82.5 Å². The molecule has 2 aromatic carbocycles. The molecule has 0 bridgehead atoms. The Morgan fingerprint density at radius 2 is 1.19 bits per heavy atom. The van der Waals surface area contributed by atoms with Gasteiger partial charge in [0.25, 0.3) is 21.9 Å². The molecule has 0 radical (unpaired) electrons. The Hall–Kier alpha value is -7.07. The van der Waals surface area contributed by atoms with Crippen LogP contribution in [0.5, 0.6) is 11.5 Å². The molecule has 0 atom stereocenters. The number of benzene rings is 2. The van der Waals surface area contributed by atoms with Crippen molar-refractivity contribution in [1.82, 2.24) is 38.7 Å². The highest BCUT2D eigenvalue weighted by atomic mass is 32.2. The van der Waals surface area contributed by atoms with E-state index in [9.17, 15) is 27.6 Å². The molecule has 0 spiro atoms. The van der Waals surface area contributed by atoms with Gasteiger partial charge in [-0.05, 0) is 50.2 Å². The van der Waals surface area contributed by atoms with Crippen LogP contribution in [0.1, 0.15) is 59.5 Å². The molecule has 4 aromatic heterocycles. The van der Waals surface area contributed by atoms with Crippen LogP contribution >= 0.6 is 0 Å². The summed E-state index contributed by atoms with van der Waals surface area (Å²) in [5.74, 6) is -1.77. The molecule has 4 amide bonds. The van der Waals surface area contributed by atoms with E-state index in [1.165, 1.54) is 40.7 Å². The quantitative estimate of drug-likeness (QED) is 0.0584. The van der Waals surface area contributed by atoms with E-state index < -0.39 is 33.7 Å². The minimum absolute atomic E-state index is 0.0102. The third-order valence-electron chi connectivity index (χ3n) is 8.91. The van der Waals surface area contributed by atoms with E-state index in [0.29, 0.717) is 27.9 Å². The van der Waals surface area contributed by atoms with E-state index in [1.807, 2.05) is 0 Å². The number of hydrogen-bond donors (Lipinski definition) is 4. The van der Waals surface area contributed by atoms with E-state index in [4.69, 9.17) is 25.1 Å². The molecule has 0 saturated carbocycles. The number of allylic oxidation sites excluding steroid dienone is 2. The molecule has 6 aromatic rings. The van der Waals surface area contributed by atoms with Gasteiger partial charge in [0.15, 0.2) is 0 Å². The molecule has 22 heteroatoms. The molecule has 310 valence electrons. The fourth-order valence-corrected chi connectivity index (χ4v) is 6.77. The van der Waals surface area contributed by atoms with Crippen LogP contribution in [-0.2, 0) is 41.5 Å². The van der Waals surface area contributed by atoms with Crippen LogP contribution < -0.4 is 31.6 Å². The topological polar surface area (TPSA) is 277 Å². The molecule has 0 aliphatic carbocycles. The largest absolute Gasteiger partial charge is 0.494 e. The lowest BCUT2D eigenvalue weighted by Gasteiger charge is -2.13. The summed E-state index contributed by atoms with van der Waals surface area (Å²) in [5.41, 5.74) is 14.7. The first kappa shape index (κ1) is 41.6. The zero-order chi connectivity index (χ0) is 42.8. The van der Waals surface area contributed by atoms with Gasteiger partial charge >= 0.3 is 0 Å². The highest BCUT2D eigenvalue weighted by molar-refractivity contribution is 7.85. The van der Waals surface area contributed by atoms with Crippen molar-refractivity contribution in [2.24, 2.45) is 25.6 Å². The molecule has 0 aliphatic rings. The van der Waals surface area contributed by atoms with Crippen LogP contribution in [-0.4, -0.2) is 97.3 Å².